The highest BCUT2D eigenvalue weighted by Crippen LogP contribution is 2.07. The molecule has 1 aromatic rings. The first-order valence-corrected chi connectivity index (χ1v) is 4.17. The third kappa shape index (κ3) is 3.19. The molecule has 0 aromatic carbocycles. The van der Waals surface area contributed by atoms with Crippen molar-refractivity contribution in [1.82, 2.24) is 9.97 Å². The molecular formula is C9H12N2O2. The summed E-state index contributed by atoms with van der Waals surface area (Å²) in [7, 11) is 0. The van der Waals surface area contributed by atoms with Crippen LogP contribution in [0.5, 0.6) is 0 Å². The Bertz CT molecular complexity index is 274. The number of aliphatic carboxylic acids is 1. The molecule has 1 rings (SSSR count). The zero-order chi connectivity index (χ0) is 9.68. The molecule has 1 aromatic heterocycles. The van der Waals surface area contributed by atoms with E-state index in [-0.39, 0.29) is 5.92 Å². The van der Waals surface area contributed by atoms with Gasteiger partial charge in [-0.3, -0.25) is 4.79 Å². The number of hydrogen-bond acceptors (Lipinski definition) is 3. The zero-order valence-electron chi connectivity index (χ0n) is 7.47. The van der Waals surface area contributed by atoms with Crippen molar-refractivity contribution < 1.29 is 9.90 Å². The van der Waals surface area contributed by atoms with Crippen LogP contribution in [0.1, 0.15) is 18.9 Å². The first kappa shape index (κ1) is 9.64. The first-order chi connectivity index (χ1) is 6.20. The van der Waals surface area contributed by atoms with E-state index in [4.69, 9.17) is 5.11 Å². The standard InChI is InChI=1S/C9H12N2O2/c1-7(9(12)13)2-3-8-4-10-6-11-5-8/h4-7H,2-3H2,1H3,(H,12,13). The lowest BCUT2D eigenvalue weighted by atomic mass is 10.0. The lowest BCUT2D eigenvalue weighted by molar-refractivity contribution is -0.141. The van der Waals surface area contributed by atoms with E-state index >= 15 is 0 Å². The average Bonchev–Trinajstić information content (AvgIpc) is 2.15. The highest BCUT2D eigenvalue weighted by molar-refractivity contribution is 5.69. The number of carboxylic acid groups (broad SMARTS) is 1. The molecule has 1 atom stereocenters. The Balaban J connectivity index is 2.39. The SMILES string of the molecule is CC(CCc1cncnc1)C(=O)O. The van der Waals surface area contributed by atoms with Gasteiger partial charge in [0.25, 0.3) is 0 Å². The van der Waals surface area contributed by atoms with E-state index in [0.29, 0.717) is 12.8 Å². The predicted octanol–water partition coefficient (Wildman–Crippen LogP) is 1.13. The molecule has 0 saturated carbocycles. The molecule has 13 heavy (non-hydrogen) atoms. The number of aryl methyl sites for hydroxylation is 1. The molecule has 0 spiro atoms. The van der Waals surface area contributed by atoms with Crippen molar-refractivity contribution >= 4 is 5.97 Å². The van der Waals surface area contributed by atoms with Gasteiger partial charge in [0.15, 0.2) is 0 Å². The number of hydrogen-bond donors (Lipinski definition) is 1. The Morgan fingerprint density at radius 1 is 1.54 bits per heavy atom. The van der Waals surface area contributed by atoms with Gasteiger partial charge < -0.3 is 5.11 Å². The van der Waals surface area contributed by atoms with E-state index in [1.54, 1.807) is 19.3 Å². The molecule has 0 radical (unpaired) electrons. The van der Waals surface area contributed by atoms with Crippen LogP contribution in [0.25, 0.3) is 0 Å². The third-order valence-corrected chi connectivity index (χ3v) is 1.90. The van der Waals surface area contributed by atoms with Crippen molar-refractivity contribution in [2.24, 2.45) is 5.92 Å². The highest BCUT2D eigenvalue weighted by Gasteiger charge is 2.10. The third-order valence-electron chi connectivity index (χ3n) is 1.90. The van der Waals surface area contributed by atoms with Crippen molar-refractivity contribution in [2.45, 2.75) is 19.8 Å². The fourth-order valence-electron chi connectivity index (χ4n) is 0.966. The number of aromatic nitrogens is 2. The second-order valence-electron chi connectivity index (χ2n) is 3.02. The molecule has 0 aliphatic rings. The molecule has 1 unspecified atom stereocenters. The molecule has 0 aliphatic carbocycles. The Morgan fingerprint density at radius 2 is 2.15 bits per heavy atom. The van der Waals surface area contributed by atoms with Crippen molar-refractivity contribution in [2.75, 3.05) is 0 Å². The van der Waals surface area contributed by atoms with Crippen LogP contribution in [-0.2, 0) is 11.2 Å². The summed E-state index contributed by atoms with van der Waals surface area (Å²) in [6.07, 6.45) is 6.23. The summed E-state index contributed by atoms with van der Waals surface area (Å²) in [5.41, 5.74) is 0.982. The van der Waals surface area contributed by atoms with E-state index < -0.39 is 5.97 Å². The van der Waals surface area contributed by atoms with Crippen molar-refractivity contribution in [3.8, 4) is 0 Å². The second kappa shape index (κ2) is 4.54. The largest absolute Gasteiger partial charge is 0.481 e. The van der Waals surface area contributed by atoms with Crippen LogP contribution in [0, 0.1) is 5.92 Å². The quantitative estimate of drug-likeness (QED) is 0.754. The molecular weight excluding hydrogens is 168 g/mol. The van der Waals surface area contributed by atoms with Gasteiger partial charge in [0.05, 0.1) is 5.92 Å². The molecule has 70 valence electrons. The fraction of sp³-hybridized carbons (Fsp3) is 0.444. The normalized spacial score (nSPS) is 12.4. The van der Waals surface area contributed by atoms with Gasteiger partial charge in [-0.25, -0.2) is 9.97 Å². The number of carbonyl (C=O) groups is 1. The van der Waals surface area contributed by atoms with Crippen LogP contribution >= 0.6 is 0 Å². The van der Waals surface area contributed by atoms with Crippen LogP contribution in [0.3, 0.4) is 0 Å². The monoisotopic (exact) mass is 180 g/mol. The number of nitrogens with zero attached hydrogens (tertiary/aromatic N) is 2. The second-order valence-corrected chi connectivity index (χ2v) is 3.02. The van der Waals surface area contributed by atoms with Gasteiger partial charge in [-0.2, -0.15) is 0 Å². The molecule has 1 heterocycles. The summed E-state index contributed by atoms with van der Waals surface area (Å²) < 4.78 is 0. The van der Waals surface area contributed by atoms with E-state index in [2.05, 4.69) is 9.97 Å². The van der Waals surface area contributed by atoms with Gasteiger partial charge in [0, 0.05) is 12.4 Å². The Labute approximate surface area is 76.7 Å². The summed E-state index contributed by atoms with van der Waals surface area (Å²) in [6.45, 7) is 1.70. The maximum absolute atomic E-state index is 10.5. The fourth-order valence-corrected chi connectivity index (χ4v) is 0.966. The summed E-state index contributed by atoms with van der Waals surface area (Å²) >= 11 is 0. The van der Waals surface area contributed by atoms with Gasteiger partial charge in [-0.15, -0.1) is 0 Å². The van der Waals surface area contributed by atoms with Crippen molar-refractivity contribution in [1.29, 1.82) is 0 Å². The van der Waals surface area contributed by atoms with Crippen LogP contribution in [0.4, 0.5) is 0 Å². The van der Waals surface area contributed by atoms with Crippen LogP contribution in [0.15, 0.2) is 18.7 Å². The molecule has 0 fully saturated rings. The minimum atomic E-state index is -0.753. The van der Waals surface area contributed by atoms with Gasteiger partial charge in [0.2, 0.25) is 0 Å². The number of rotatable bonds is 4. The van der Waals surface area contributed by atoms with Crippen LogP contribution in [-0.4, -0.2) is 21.0 Å². The van der Waals surface area contributed by atoms with E-state index in [1.807, 2.05) is 0 Å². The van der Waals surface area contributed by atoms with Gasteiger partial charge in [-0.05, 0) is 18.4 Å². The maximum atomic E-state index is 10.5. The van der Waals surface area contributed by atoms with Crippen molar-refractivity contribution in [3.05, 3.63) is 24.3 Å². The van der Waals surface area contributed by atoms with Crippen LogP contribution in [0.2, 0.25) is 0 Å². The van der Waals surface area contributed by atoms with E-state index in [1.165, 1.54) is 6.33 Å². The molecule has 1 N–H and O–H groups in total. The van der Waals surface area contributed by atoms with Crippen molar-refractivity contribution in [3.63, 3.8) is 0 Å². The first-order valence-electron chi connectivity index (χ1n) is 4.17. The maximum Gasteiger partial charge on any atom is 0.306 e. The lowest BCUT2D eigenvalue weighted by Gasteiger charge is -2.04. The Kier molecular flexibility index (Phi) is 3.37. The minimum Gasteiger partial charge on any atom is -0.481 e. The zero-order valence-corrected chi connectivity index (χ0v) is 7.47. The van der Waals surface area contributed by atoms with Crippen LogP contribution < -0.4 is 0 Å². The van der Waals surface area contributed by atoms with Gasteiger partial charge >= 0.3 is 5.97 Å². The van der Waals surface area contributed by atoms with Gasteiger partial charge in [-0.1, -0.05) is 6.92 Å². The topological polar surface area (TPSA) is 63.1 Å². The Hall–Kier alpha value is -1.45. The molecule has 4 nitrogen and oxygen atoms in total. The van der Waals surface area contributed by atoms with E-state index in [0.717, 1.165) is 5.56 Å². The predicted molar refractivity (Wildman–Crippen MR) is 47.2 cm³/mol. The molecule has 0 amide bonds. The minimum absolute atomic E-state index is 0.305. The summed E-state index contributed by atoms with van der Waals surface area (Å²) in [5, 5.41) is 8.63. The summed E-state index contributed by atoms with van der Waals surface area (Å²) in [4.78, 5) is 18.2. The average molecular weight is 180 g/mol. The van der Waals surface area contributed by atoms with E-state index in [9.17, 15) is 4.79 Å². The highest BCUT2D eigenvalue weighted by atomic mass is 16.4. The molecule has 4 heteroatoms. The molecule has 0 saturated heterocycles. The smallest absolute Gasteiger partial charge is 0.306 e. The van der Waals surface area contributed by atoms with Gasteiger partial charge in [0.1, 0.15) is 6.33 Å². The Morgan fingerprint density at radius 3 is 2.69 bits per heavy atom. The molecule has 0 aliphatic heterocycles. The summed E-state index contributed by atoms with van der Waals surface area (Å²) in [5.74, 6) is -1.06. The molecule has 0 bridgehead atoms. The number of carboxylic acids is 1. The summed E-state index contributed by atoms with van der Waals surface area (Å²) in [6, 6.07) is 0. The lowest BCUT2D eigenvalue weighted by Crippen LogP contribution is -2.10.